The second-order valence-corrected chi connectivity index (χ2v) is 8.11. The summed E-state index contributed by atoms with van der Waals surface area (Å²) in [6.45, 7) is 1.88. The highest BCUT2D eigenvalue weighted by molar-refractivity contribution is 5.91. The summed E-state index contributed by atoms with van der Waals surface area (Å²) in [5, 5.41) is 7.39. The average molecular weight is 477 g/mol. The fourth-order valence-corrected chi connectivity index (χ4v) is 3.95. The van der Waals surface area contributed by atoms with Gasteiger partial charge in [0.1, 0.15) is 22.9 Å². The molecule has 0 aliphatic heterocycles. The number of nitrogens with zero attached hydrogens (tertiary/aromatic N) is 3. The lowest BCUT2D eigenvalue weighted by Crippen LogP contribution is -2.26. The lowest BCUT2D eigenvalue weighted by atomic mass is 10.1. The van der Waals surface area contributed by atoms with Crippen LogP contribution >= 0.6 is 0 Å². The van der Waals surface area contributed by atoms with Crippen LogP contribution in [0.5, 0.6) is 17.2 Å². The third-order valence-electron chi connectivity index (χ3n) is 6.05. The van der Waals surface area contributed by atoms with Crippen LogP contribution in [0.25, 0.3) is 16.9 Å². The summed E-state index contributed by atoms with van der Waals surface area (Å²) in [5.41, 5.74) is 3.90. The van der Waals surface area contributed by atoms with Crippen molar-refractivity contribution in [2.75, 3.05) is 26.6 Å². The van der Waals surface area contributed by atoms with Crippen molar-refractivity contribution in [3.05, 3.63) is 70.1 Å². The molecule has 2 aromatic carbocycles. The molecule has 35 heavy (non-hydrogen) atoms. The van der Waals surface area contributed by atoms with Crippen LogP contribution in [0.4, 0.5) is 5.69 Å². The molecule has 0 radical (unpaired) electrons. The van der Waals surface area contributed by atoms with Gasteiger partial charge in [0, 0.05) is 60.2 Å². The third-order valence-corrected chi connectivity index (χ3v) is 6.05. The van der Waals surface area contributed by atoms with Gasteiger partial charge in [-0.1, -0.05) is 0 Å². The number of ether oxygens (including phenoxy) is 3. The summed E-state index contributed by atoms with van der Waals surface area (Å²) in [7, 11) is 6.59. The number of hydrogen-bond acceptors (Lipinski definition) is 6. The Kier molecular flexibility index (Phi) is 6.77. The minimum absolute atomic E-state index is 0.133. The predicted octanol–water partition coefficient (Wildman–Crippen LogP) is 3.61. The number of nitrogens with one attached hydrogen (secondary N) is 1. The van der Waals surface area contributed by atoms with Gasteiger partial charge < -0.3 is 24.1 Å². The van der Waals surface area contributed by atoms with Gasteiger partial charge >= 0.3 is 0 Å². The standard InChI is InChI=1S/C26H28N4O5/c1-16-22(10-11-24(31)27-18-12-20(34-4)14-21(13-18)35-5)26(32)30-25(29(16)2)15-23(28-30)17-6-8-19(33-3)9-7-17/h6-9,12-15H,10-11H2,1-5H3,(H,27,31). The molecule has 9 heteroatoms. The highest BCUT2D eigenvalue weighted by Gasteiger charge is 2.17. The van der Waals surface area contributed by atoms with Crippen LogP contribution in [0.15, 0.2) is 53.3 Å². The molecule has 9 nitrogen and oxygen atoms in total. The Labute approximate surface area is 202 Å². The molecule has 0 spiro atoms. The van der Waals surface area contributed by atoms with E-state index in [1.165, 1.54) is 4.52 Å². The lowest BCUT2D eigenvalue weighted by molar-refractivity contribution is -0.116. The number of fused-ring (bicyclic) bond motifs is 1. The molecule has 0 atom stereocenters. The molecule has 2 aromatic heterocycles. The van der Waals surface area contributed by atoms with Crippen LogP contribution < -0.4 is 25.1 Å². The number of rotatable bonds is 8. The SMILES string of the molecule is COc1ccc(-c2cc3n(C)c(C)c(CCC(=O)Nc4cc(OC)cc(OC)c4)c(=O)n3n2)cc1. The molecule has 4 rings (SSSR count). The number of anilines is 1. The zero-order chi connectivity index (χ0) is 25.1. The Hall–Kier alpha value is -4.27. The number of aryl methyl sites for hydroxylation is 1. The van der Waals surface area contributed by atoms with Crippen molar-refractivity contribution in [2.24, 2.45) is 7.05 Å². The van der Waals surface area contributed by atoms with Crippen molar-refractivity contribution in [3.63, 3.8) is 0 Å². The van der Waals surface area contributed by atoms with E-state index in [2.05, 4.69) is 10.4 Å². The van der Waals surface area contributed by atoms with E-state index in [0.29, 0.717) is 34.1 Å². The molecule has 1 amide bonds. The fourth-order valence-electron chi connectivity index (χ4n) is 3.95. The molecule has 1 N–H and O–H groups in total. The Morgan fingerprint density at radius 2 is 1.57 bits per heavy atom. The van der Waals surface area contributed by atoms with Crippen LogP contribution in [0.2, 0.25) is 0 Å². The molecule has 0 aliphatic rings. The van der Waals surface area contributed by atoms with Gasteiger partial charge in [0.2, 0.25) is 5.91 Å². The number of amides is 1. The lowest BCUT2D eigenvalue weighted by Gasteiger charge is -2.13. The molecule has 0 fully saturated rings. The largest absolute Gasteiger partial charge is 0.497 e. The first kappa shape index (κ1) is 23.9. The number of methoxy groups -OCH3 is 3. The number of carbonyl (C=O) groups is 1. The number of aromatic nitrogens is 3. The van der Waals surface area contributed by atoms with Crippen molar-refractivity contribution in [1.82, 2.24) is 14.2 Å². The van der Waals surface area contributed by atoms with Gasteiger partial charge in [0.05, 0.1) is 27.0 Å². The number of benzene rings is 2. The van der Waals surface area contributed by atoms with Crippen molar-refractivity contribution < 1.29 is 19.0 Å². The van der Waals surface area contributed by atoms with E-state index >= 15 is 0 Å². The van der Waals surface area contributed by atoms with Crippen LogP contribution in [-0.2, 0) is 18.3 Å². The van der Waals surface area contributed by atoms with E-state index in [4.69, 9.17) is 14.2 Å². The molecule has 0 unspecified atom stereocenters. The normalized spacial score (nSPS) is 10.9. The molecular weight excluding hydrogens is 448 g/mol. The zero-order valence-corrected chi connectivity index (χ0v) is 20.4. The molecule has 0 bridgehead atoms. The number of hydrogen-bond donors (Lipinski definition) is 1. The maximum atomic E-state index is 13.3. The highest BCUT2D eigenvalue weighted by atomic mass is 16.5. The van der Waals surface area contributed by atoms with Crippen LogP contribution in [0.3, 0.4) is 0 Å². The van der Waals surface area contributed by atoms with E-state index in [0.717, 1.165) is 17.0 Å². The van der Waals surface area contributed by atoms with Gasteiger partial charge in [-0.15, -0.1) is 0 Å². The maximum Gasteiger partial charge on any atom is 0.277 e. The smallest absolute Gasteiger partial charge is 0.277 e. The second kappa shape index (κ2) is 9.92. The topological polar surface area (TPSA) is 96.1 Å². The quantitative estimate of drug-likeness (QED) is 0.417. The van der Waals surface area contributed by atoms with Crippen molar-refractivity contribution in [1.29, 1.82) is 0 Å². The van der Waals surface area contributed by atoms with Crippen LogP contribution in [0.1, 0.15) is 17.7 Å². The van der Waals surface area contributed by atoms with Crippen molar-refractivity contribution in [2.45, 2.75) is 19.8 Å². The van der Waals surface area contributed by atoms with E-state index in [9.17, 15) is 9.59 Å². The summed E-state index contributed by atoms with van der Waals surface area (Å²) < 4.78 is 19.0. The Morgan fingerprint density at radius 3 is 2.17 bits per heavy atom. The highest BCUT2D eigenvalue weighted by Crippen LogP contribution is 2.26. The first-order chi connectivity index (χ1) is 16.8. The molecule has 2 heterocycles. The number of carbonyl (C=O) groups excluding carboxylic acids is 1. The summed E-state index contributed by atoms with van der Waals surface area (Å²) >= 11 is 0. The van der Waals surface area contributed by atoms with Gasteiger partial charge in [-0.2, -0.15) is 9.61 Å². The van der Waals surface area contributed by atoms with Gasteiger partial charge in [-0.05, 0) is 37.6 Å². The molecule has 4 aromatic rings. The fraction of sp³-hybridized carbons (Fsp3) is 0.269. The minimum Gasteiger partial charge on any atom is -0.497 e. The molecule has 0 saturated carbocycles. The summed E-state index contributed by atoms with van der Waals surface area (Å²) in [5.74, 6) is 1.67. The second-order valence-electron chi connectivity index (χ2n) is 8.11. The molecule has 0 saturated heterocycles. The Bertz CT molecular complexity index is 1410. The summed E-state index contributed by atoms with van der Waals surface area (Å²) in [6.07, 6.45) is 0.410. The van der Waals surface area contributed by atoms with E-state index in [1.807, 2.05) is 48.9 Å². The average Bonchev–Trinajstić information content (AvgIpc) is 3.33. The van der Waals surface area contributed by atoms with Crippen LogP contribution in [0, 0.1) is 6.92 Å². The van der Waals surface area contributed by atoms with E-state index < -0.39 is 0 Å². The molecule has 0 aliphatic carbocycles. The van der Waals surface area contributed by atoms with Gasteiger partial charge in [-0.3, -0.25) is 9.59 Å². The first-order valence-corrected chi connectivity index (χ1v) is 11.1. The van der Waals surface area contributed by atoms with Crippen molar-refractivity contribution >= 4 is 17.2 Å². The van der Waals surface area contributed by atoms with Gasteiger partial charge in [0.25, 0.3) is 5.56 Å². The molecule has 182 valence electrons. The summed E-state index contributed by atoms with van der Waals surface area (Å²) in [4.78, 5) is 26.0. The molecular formula is C26H28N4O5. The monoisotopic (exact) mass is 476 g/mol. The van der Waals surface area contributed by atoms with Crippen LogP contribution in [-0.4, -0.2) is 41.4 Å². The van der Waals surface area contributed by atoms with E-state index in [-0.39, 0.29) is 24.3 Å². The van der Waals surface area contributed by atoms with E-state index in [1.54, 1.807) is 39.5 Å². The van der Waals surface area contributed by atoms with Gasteiger partial charge in [-0.25, -0.2) is 0 Å². The minimum atomic E-state index is -0.230. The first-order valence-electron chi connectivity index (χ1n) is 11.1. The Balaban J connectivity index is 1.57. The zero-order valence-electron chi connectivity index (χ0n) is 20.4. The maximum absolute atomic E-state index is 13.3. The Morgan fingerprint density at radius 1 is 0.943 bits per heavy atom. The predicted molar refractivity (Wildman–Crippen MR) is 134 cm³/mol. The third kappa shape index (κ3) is 4.84. The van der Waals surface area contributed by atoms with Crippen molar-refractivity contribution in [3.8, 4) is 28.5 Å². The van der Waals surface area contributed by atoms with Gasteiger partial charge in [0.15, 0.2) is 0 Å². The summed E-state index contributed by atoms with van der Waals surface area (Å²) in [6, 6.07) is 14.5.